The molecule has 2 heterocycles. The average molecular weight is 490 g/mol. The molecule has 0 unspecified atom stereocenters. The summed E-state index contributed by atoms with van der Waals surface area (Å²) in [5.41, 5.74) is 8.73. The SMILES string of the molecule is COC(=O)N1CCc2ccc3c(nc([C@H]4CC[C@H](CO)CC4)n3[C@H](C)Cc3c(C)cccc3C)c2C1. The molecule has 192 valence electrons. The molecule has 5 rings (SSSR count). The third-order valence-corrected chi connectivity index (χ3v) is 8.58. The van der Waals surface area contributed by atoms with Crippen LogP contribution >= 0.6 is 0 Å². The molecule has 0 radical (unpaired) electrons. The number of nitrogens with zero attached hydrogens (tertiary/aromatic N) is 3. The van der Waals surface area contributed by atoms with Crippen molar-refractivity contribution in [3.8, 4) is 0 Å². The van der Waals surface area contributed by atoms with Crippen LogP contribution in [0.1, 0.15) is 78.2 Å². The lowest BCUT2D eigenvalue weighted by atomic mass is 9.82. The summed E-state index contributed by atoms with van der Waals surface area (Å²) >= 11 is 0. The summed E-state index contributed by atoms with van der Waals surface area (Å²) < 4.78 is 7.52. The first kappa shape index (κ1) is 24.8. The molecular formula is C30H39N3O3. The number of amides is 1. The van der Waals surface area contributed by atoms with Gasteiger partial charge in [0, 0.05) is 30.7 Å². The van der Waals surface area contributed by atoms with Crippen LogP contribution in [0.5, 0.6) is 0 Å². The molecule has 1 saturated carbocycles. The van der Waals surface area contributed by atoms with Crippen LogP contribution < -0.4 is 0 Å². The maximum Gasteiger partial charge on any atom is 0.409 e. The molecule has 2 aliphatic rings. The van der Waals surface area contributed by atoms with Gasteiger partial charge in [-0.15, -0.1) is 0 Å². The summed E-state index contributed by atoms with van der Waals surface area (Å²) in [4.78, 5) is 19.5. The van der Waals surface area contributed by atoms with Gasteiger partial charge in [-0.25, -0.2) is 9.78 Å². The Hall–Kier alpha value is -2.86. The van der Waals surface area contributed by atoms with Crippen molar-refractivity contribution in [1.29, 1.82) is 0 Å². The van der Waals surface area contributed by atoms with Crippen molar-refractivity contribution >= 4 is 17.1 Å². The highest BCUT2D eigenvalue weighted by Crippen LogP contribution is 2.40. The van der Waals surface area contributed by atoms with E-state index in [1.807, 2.05) is 0 Å². The minimum Gasteiger partial charge on any atom is -0.453 e. The lowest BCUT2D eigenvalue weighted by Crippen LogP contribution is -2.35. The second-order valence-electron chi connectivity index (χ2n) is 10.9. The maximum atomic E-state index is 12.3. The number of hydrogen-bond donors (Lipinski definition) is 1. The highest BCUT2D eigenvalue weighted by atomic mass is 16.5. The third-order valence-electron chi connectivity index (χ3n) is 8.58. The van der Waals surface area contributed by atoms with Crippen LogP contribution in [0.2, 0.25) is 0 Å². The van der Waals surface area contributed by atoms with E-state index in [4.69, 9.17) is 9.72 Å². The van der Waals surface area contributed by atoms with E-state index >= 15 is 0 Å². The van der Waals surface area contributed by atoms with Crippen molar-refractivity contribution in [3.05, 3.63) is 64.0 Å². The van der Waals surface area contributed by atoms with Gasteiger partial charge in [0.1, 0.15) is 5.82 Å². The minimum absolute atomic E-state index is 0.249. The van der Waals surface area contributed by atoms with Crippen LogP contribution in [0.4, 0.5) is 4.79 Å². The number of hydrogen-bond acceptors (Lipinski definition) is 4. The number of aryl methyl sites for hydroxylation is 2. The van der Waals surface area contributed by atoms with Gasteiger partial charge < -0.3 is 19.3 Å². The zero-order valence-corrected chi connectivity index (χ0v) is 22.1. The Kier molecular flexibility index (Phi) is 7.07. The highest BCUT2D eigenvalue weighted by Gasteiger charge is 2.31. The molecule has 6 heteroatoms. The topological polar surface area (TPSA) is 67.6 Å². The van der Waals surface area contributed by atoms with Crippen LogP contribution in [-0.4, -0.2) is 45.9 Å². The molecule has 1 aromatic heterocycles. The van der Waals surface area contributed by atoms with Crippen molar-refractivity contribution in [3.63, 3.8) is 0 Å². The number of fused-ring (bicyclic) bond motifs is 3. The Balaban J connectivity index is 1.59. The smallest absolute Gasteiger partial charge is 0.409 e. The van der Waals surface area contributed by atoms with Gasteiger partial charge >= 0.3 is 6.09 Å². The maximum absolute atomic E-state index is 12.3. The first-order valence-electron chi connectivity index (χ1n) is 13.4. The monoisotopic (exact) mass is 489 g/mol. The Morgan fingerprint density at radius 2 is 1.86 bits per heavy atom. The molecule has 1 N–H and O–H groups in total. The summed E-state index contributed by atoms with van der Waals surface area (Å²) in [6.07, 6.45) is 5.70. The number of aliphatic hydroxyl groups excluding tert-OH is 1. The first-order chi connectivity index (χ1) is 17.4. The summed E-state index contributed by atoms with van der Waals surface area (Å²) in [7, 11) is 1.45. The highest BCUT2D eigenvalue weighted by molar-refractivity contribution is 5.82. The van der Waals surface area contributed by atoms with Crippen molar-refractivity contribution in [2.45, 2.75) is 77.8 Å². The van der Waals surface area contributed by atoms with Gasteiger partial charge in [0.2, 0.25) is 0 Å². The van der Waals surface area contributed by atoms with Crippen molar-refractivity contribution in [1.82, 2.24) is 14.5 Å². The third kappa shape index (κ3) is 4.52. The van der Waals surface area contributed by atoms with Gasteiger partial charge in [-0.05, 0) is 93.5 Å². The molecule has 1 aliphatic carbocycles. The van der Waals surface area contributed by atoms with Gasteiger partial charge in [0.05, 0.1) is 24.7 Å². The lowest BCUT2D eigenvalue weighted by molar-refractivity contribution is 0.119. The predicted octanol–water partition coefficient (Wildman–Crippen LogP) is 5.85. The summed E-state index contributed by atoms with van der Waals surface area (Å²) in [6, 6.07) is 11.3. The average Bonchev–Trinajstić information content (AvgIpc) is 3.30. The quantitative estimate of drug-likeness (QED) is 0.488. The fourth-order valence-electron chi connectivity index (χ4n) is 6.41. The number of benzene rings is 2. The van der Waals surface area contributed by atoms with E-state index in [2.05, 4.69) is 55.7 Å². The predicted molar refractivity (Wildman–Crippen MR) is 142 cm³/mol. The van der Waals surface area contributed by atoms with Crippen LogP contribution in [0, 0.1) is 19.8 Å². The van der Waals surface area contributed by atoms with E-state index in [0.717, 1.165) is 49.6 Å². The summed E-state index contributed by atoms with van der Waals surface area (Å²) in [6.45, 7) is 8.22. The van der Waals surface area contributed by atoms with Gasteiger partial charge in [-0.2, -0.15) is 0 Å². The Bertz CT molecular complexity index is 1240. The largest absolute Gasteiger partial charge is 0.453 e. The number of rotatable bonds is 5. The molecular weight excluding hydrogens is 450 g/mol. The van der Waals surface area contributed by atoms with Crippen LogP contribution in [0.15, 0.2) is 30.3 Å². The number of aromatic nitrogens is 2. The lowest BCUT2D eigenvalue weighted by Gasteiger charge is -2.29. The molecule has 1 aliphatic heterocycles. The summed E-state index contributed by atoms with van der Waals surface area (Å²) in [5.74, 6) is 1.97. The van der Waals surface area contributed by atoms with Gasteiger partial charge in [-0.3, -0.25) is 0 Å². The molecule has 36 heavy (non-hydrogen) atoms. The molecule has 2 aromatic carbocycles. The first-order valence-corrected chi connectivity index (χ1v) is 13.4. The Morgan fingerprint density at radius 3 is 2.53 bits per heavy atom. The van der Waals surface area contributed by atoms with Gasteiger partial charge in [0.25, 0.3) is 0 Å². The van der Waals surface area contributed by atoms with E-state index in [1.54, 1.807) is 4.90 Å². The van der Waals surface area contributed by atoms with Gasteiger partial charge in [0.15, 0.2) is 0 Å². The fourth-order valence-corrected chi connectivity index (χ4v) is 6.41. The van der Waals surface area contributed by atoms with E-state index in [-0.39, 0.29) is 18.7 Å². The molecule has 6 nitrogen and oxygen atoms in total. The number of carbonyl (C=O) groups excluding carboxylic acids is 1. The number of aliphatic hydroxyl groups is 1. The van der Waals surface area contributed by atoms with Crippen LogP contribution in [-0.2, 0) is 24.1 Å². The van der Waals surface area contributed by atoms with E-state index < -0.39 is 0 Å². The van der Waals surface area contributed by atoms with Crippen LogP contribution in [0.25, 0.3) is 11.0 Å². The normalized spacial score (nSPS) is 20.9. The van der Waals surface area contributed by atoms with E-state index in [9.17, 15) is 9.90 Å². The zero-order valence-electron chi connectivity index (χ0n) is 22.1. The number of methoxy groups -OCH3 is 1. The second kappa shape index (κ2) is 10.3. The second-order valence-corrected chi connectivity index (χ2v) is 10.9. The summed E-state index contributed by atoms with van der Waals surface area (Å²) in [5, 5.41) is 9.68. The number of ether oxygens (including phenoxy) is 1. The van der Waals surface area contributed by atoms with Crippen molar-refractivity contribution in [2.24, 2.45) is 5.92 Å². The van der Waals surface area contributed by atoms with E-state index in [1.165, 1.54) is 40.7 Å². The minimum atomic E-state index is -0.275. The number of imidazole rings is 1. The van der Waals surface area contributed by atoms with Crippen molar-refractivity contribution < 1.29 is 14.6 Å². The molecule has 1 atom stereocenters. The molecule has 0 bridgehead atoms. The molecule has 0 spiro atoms. The van der Waals surface area contributed by atoms with Gasteiger partial charge in [-0.1, -0.05) is 24.3 Å². The Morgan fingerprint density at radius 1 is 1.14 bits per heavy atom. The number of carbonyl (C=O) groups is 1. The van der Waals surface area contributed by atoms with E-state index in [0.29, 0.717) is 24.9 Å². The Labute approximate surface area is 214 Å². The molecule has 1 amide bonds. The standard InChI is InChI=1S/C30H39N3O3/c1-19-6-5-7-20(2)25(19)16-21(3)33-27-13-12-23-14-15-32(30(35)36-4)17-26(23)28(27)31-29(33)24-10-8-22(18-34)9-11-24/h5-7,12-13,21-22,24,34H,8-11,14-18H2,1-4H3/t21-,22-,24-/m1/s1. The van der Waals surface area contributed by atoms with Crippen LogP contribution in [0.3, 0.4) is 0 Å². The fraction of sp³-hybridized carbons (Fsp3) is 0.533. The van der Waals surface area contributed by atoms with Crippen molar-refractivity contribution in [2.75, 3.05) is 20.3 Å². The zero-order chi connectivity index (χ0) is 25.4. The molecule has 1 fully saturated rings. The molecule has 3 aromatic rings. The molecule has 0 saturated heterocycles.